The second-order valence-electron chi connectivity index (χ2n) is 3.51. The van der Waals surface area contributed by atoms with Crippen LogP contribution < -0.4 is 10.5 Å². The summed E-state index contributed by atoms with van der Waals surface area (Å²) in [5, 5.41) is 0. The molecule has 0 aliphatic rings. The third kappa shape index (κ3) is 2.57. The molecule has 0 saturated heterocycles. The number of pyridine rings is 1. The van der Waals surface area contributed by atoms with Gasteiger partial charge in [-0.3, -0.25) is 4.72 Å². The topological polar surface area (TPSA) is 85.1 Å². The maximum atomic E-state index is 13.5. The highest BCUT2D eigenvalue weighted by Crippen LogP contribution is 2.19. The number of nitrogens with zero attached hydrogens (tertiary/aromatic N) is 1. The molecule has 1 aromatic carbocycles. The van der Waals surface area contributed by atoms with E-state index in [4.69, 9.17) is 5.73 Å². The van der Waals surface area contributed by atoms with Gasteiger partial charge in [-0.15, -0.1) is 0 Å². The molecule has 0 radical (unpaired) electrons. The first kappa shape index (κ1) is 12.3. The summed E-state index contributed by atoms with van der Waals surface area (Å²) in [5.74, 6) is -0.785. The van der Waals surface area contributed by atoms with Crippen LogP contribution in [0.15, 0.2) is 47.5 Å². The minimum Gasteiger partial charge on any atom is -0.399 e. The second-order valence-corrected chi connectivity index (χ2v) is 5.16. The van der Waals surface area contributed by atoms with Gasteiger partial charge in [-0.25, -0.2) is 17.8 Å². The number of hydrogen-bond donors (Lipinski definition) is 2. The first-order chi connectivity index (χ1) is 8.49. The maximum Gasteiger partial charge on any atom is 0.265 e. The first-order valence-corrected chi connectivity index (χ1v) is 6.46. The van der Waals surface area contributed by atoms with Gasteiger partial charge in [0.2, 0.25) is 0 Å². The molecule has 0 fully saturated rings. The van der Waals surface area contributed by atoms with Crippen molar-refractivity contribution in [2.24, 2.45) is 0 Å². The van der Waals surface area contributed by atoms with Gasteiger partial charge in [-0.05, 0) is 30.3 Å². The Morgan fingerprint density at radius 3 is 2.61 bits per heavy atom. The maximum absolute atomic E-state index is 13.5. The Labute approximate surface area is 104 Å². The van der Waals surface area contributed by atoms with Crippen LogP contribution in [0.25, 0.3) is 0 Å². The lowest BCUT2D eigenvalue weighted by molar-refractivity contribution is 0.570. The number of nitrogen functional groups attached to an aromatic ring is 1. The number of aromatic nitrogens is 1. The summed E-state index contributed by atoms with van der Waals surface area (Å²) < 4.78 is 39.5. The SMILES string of the molecule is Nc1ccc(S(=O)(=O)Nc2ccccn2)c(F)c1. The Kier molecular flexibility index (Phi) is 3.15. The third-order valence-electron chi connectivity index (χ3n) is 2.15. The van der Waals surface area contributed by atoms with Crippen LogP contribution in [-0.2, 0) is 10.0 Å². The number of rotatable bonds is 3. The number of hydrogen-bond acceptors (Lipinski definition) is 4. The van der Waals surface area contributed by atoms with Crippen LogP contribution in [-0.4, -0.2) is 13.4 Å². The Morgan fingerprint density at radius 2 is 2.00 bits per heavy atom. The summed E-state index contributed by atoms with van der Waals surface area (Å²) in [5.41, 5.74) is 5.51. The quantitative estimate of drug-likeness (QED) is 0.827. The molecular weight excluding hydrogens is 257 g/mol. The fourth-order valence-corrected chi connectivity index (χ4v) is 2.42. The lowest BCUT2D eigenvalue weighted by atomic mass is 10.3. The van der Waals surface area contributed by atoms with Crippen molar-refractivity contribution in [1.82, 2.24) is 4.98 Å². The molecule has 0 bridgehead atoms. The molecular formula is C11H10FN3O2S. The molecule has 5 nitrogen and oxygen atoms in total. The molecule has 1 aromatic heterocycles. The number of benzene rings is 1. The van der Waals surface area contributed by atoms with Gasteiger partial charge < -0.3 is 5.73 Å². The van der Waals surface area contributed by atoms with Gasteiger partial charge in [0.05, 0.1) is 0 Å². The summed E-state index contributed by atoms with van der Waals surface area (Å²) in [6.07, 6.45) is 1.43. The summed E-state index contributed by atoms with van der Waals surface area (Å²) in [6, 6.07) is 8.09. The zero-order chi connectivity index (χ0) is 13.2. The van der Waals surface area contributed by atoms with Gasteiger partial charge in [0.1, 0.15) is 16.5 Å². The minimum absolute atomic E-state index is 0.119. The molecule has 2 aromatic rings. The van der Waals surface area contributed by atoms with E-state index in [2.05, 4.69) is 9.71 Å². The van der Waals surface area contributed by atoms with Crippen molar-refractivity contribution in [2.75, 3.05) is 10.5 Å². The second kappa shape index (κ2) is 4.61. The summed E-state index contributed by atoms with van der Waals surface area (Å²) in [6.45, 7) is 0. The highest BCUT2D eigenvalue weighted by molar-refractivity contribution is 7.92. The van der Waals surface area contributed by atoms with Gasteiger partial charge in [0.15, 0.2) is 0 Å². The smallest absolute Gasteiger partial charge is 0.265 e. The number of anilines is 2. The van der Waals surface area contributed by atoms with Gasteiger partial charge in [0.25, 0.3) is 10.0 Å². The van der Waals surface area contributed by atoms with Crippen molar-refractivity contribution in [3.8, 4) is 0 Å². The number of sulfonamides is 1. The Balaban J connectivity index is 2.37. The molecule has 0 spiro atoms. The van der Waals surface area contributed by atoms with Gasteiger partial charge in [-0.1, -0.05) is 6.07 Å². The molecule has 1 heterocycles. The van der Waals surface area contributed by atoms with E-state index in [1.165, 1.54) is 18.3 Å². The van der Waals surface area contributed by atoms with Gasteiger partial charge >= 0.3 is 0 Å². The molecule has 7 heteroatoms. The average Bonchev–Trinajstić information content (AvgIpc) is 2.29. The van der Waals surface area contributed by atoms with E-state index >= 15 is 0 Å². The van der Waals surface area contributed by atoms with Gasteiger partial charge in [-0.2, -0.15) is 0 Å². The number of nitrogens with two attached hydrogens (primary N) is 1. The Hall–Kier alpha value is -2.15. The largest absolute Gasteiger partial charge is 0.399 e. The summed E-state index contributed by atoms with van der Waals surface area (Å²) in [4.78, 5) is 3.33. The third-order valence-corrected chi connectivity index (χ3v) is 3.54. The molecule has 0 saturated carbocycles. The predicted molar refractivity (Wildman–Crippen MR) is 65.9 cm³/mol. The molecule has 0 amide bonds. The highest BCUT2D eigenvalue weighted by atomic mass is 32.2. The van der Waals surface area contributed by atoms with Crippen LogP contribution in [0, 0.1) is 5.82 Å². The van der Waals surface area contributed by atoms with Crippen molar-refractivity contribution < 1.29 is 12.8 Å². The lowest BCUT2D eigenvalue weighted by Crippen LogP contribution is -2.15. The summed E-state index contributed by atoms with van der Waals surface area (Å²) in [7, 11) is -4.00. The molecule has 0 aliphatic carbocycles. The summed E-state index contributed by atoms with van der Waals surface area (Å²) >= 11 is 0. The van der Waals surface area contributed by atoms with E-state index < -0.39 is 20.7 Å². The molecule has 0 atom stereocenters. The van der Waals surface area contributed by atoms with Crippen LogP contribution in [0.4, 0.5) is 15.9 Å². The Morgan fingerprint density at radius 1 is 1.22 bits per heavy atom. The van der Waals surface area contributed by atoms with Crippen molar-refractivity contribution in [3.05, 3.63) is 48.4 Å². The van der Waals surface area contributed by atoms with E-state index in [0.717, 1.165) is 12.1 Å². The van der Waals surface area contributed by atoms with Crippen molar-refractivity contribution in [2.45, 2.75) is 4.90 Å². The van der Waals surface area contributed by atoms with Crippen LogP contribution in [0.2, 0.25) is 0 Å². The zero-order valence-electron chi connectivity index (χ0n) is 9.17. The highest BCUT2D eigenvalue weighted by Gasteiger charge is 2.19. The Bertz CT molecular complexity index is 659. The van der Waals surface area contributed by atoms with E-state index in [1.807, 2.05) is 0 Å². The first-order valence-electron chi connectivity index (χ1n) is 4.98. The fourth-order valence-electron chi connectivity index (χ4n) is 1.35. The zero-order valence-corrected chi connectivity index (χ0v) is 9.99. The monoisotopic (exact) mass is 267 g/mol. The van der Waals surface area contributed by atoms with Crippen molar-refractivity contribution in [1.29, 1.82) is 0 Å². The van der Waals surface area contributed by atoms with E-state index in [9.17, 15) is 12.8 Å². The lowest BCUT2D eigenvalue weighted by Gasteiger charge is -2.08. The van der Waals surface area contributed by atoms with E-state index in [1.54, 1.807) is 12.1 Å². The predicted octanol–water partition coefficient (Wildman–Crippen LogP) is 1.60. The van der Waals surface area contributed by atoms with Crippen LogP contribution in [0.5, 0.6) is 0 Å². The standard InChI is InChI=1S/C11H10FN3O2S/c12-9-7-8(13)4-5-10(9)18(16,17)15-11-3-1-2-6-14-11/h1-7H,13H2,(H,14,15). The minimum atomic E-state index is -4.00. The molecule has 3 N–H and O–H groups in total. The number of halogens is 1. The molecule has 94 valence electrons. The van der Waals surface area contributed by atoms with E-state index in [0.29, 0.717) is 0 Å². The van der Waals surface area contributed by atoms with Crippen LogP contribution in [0.3, 0.4) is 0 Å². The normalized spacial score (nSPS) is 11.2. The van der Waals surface area contributed by atoms with Crippen molar-refractivity contribution in [3.63, 3.8) is 0 Å². The van der Waals surface area contributed by atoms with Crippen molar-refractivity contribution >= 4 is 21.5 Å². The molecule has 2 rings (SSSR count). The molecule has 0 unspecified atom stereocenters. The van der Waals surface area contributed by atoms with Gasteiger partial charge in [0, 0.05) is 11.9 Å². The van der Waals surface area contributed by atoms with E-state index in [-0.39, 0.29) is 11.5 Å². The van der Waals surface area contributed by atoms with Crippen LogP contribution >= 0.6 is 0 Å². The average molecular weight is 267 g/mol. The molecule has 0 aliphatic heterocycles. The fraction of sp³-hybridized carbons (Fsp3) is 0. The number of nitrogens with one attached hydrogen (secondary N) is 1. The molecule has 18 heavy (non-hydrogen) atoms. The van der Waals surface area contributed by atoms with Crippen LogP contribution in [0.1, 0.15) is 0 Å².